The van der Waals surface area contributed by atoms with Crippen molar-refractivity contribution in [3.05, 3.63) is 41.6 Å². The average Bonchev–Trinajstić information content (AvgIpc) is 2.83. The molecular formula is C15H20N4O2. The van der Waals surface area contributed by atoms with E-state index in [1.165, 1.54) is 0 Å². The fourth-order valence-electron chi connectivity index (χ4n) is 2.17. The Kier molecular flexibility index (Phi) is 4.92. The second-order valence-corrected chi connectivity index (χ2v) is 4.59. The van der Waals surface area contributed by atoms with E-state index in [4.69, 9.17) is 10.5 Å². The van der Waals surface area contributed by atoms with Gasteiger partial charge in [0.25, 0.3) is 0 Å². The number of anilines is 1. The number of pyridine rings is 1. The van der Waals surface area contributed by atoms with Gasteiger partial charge in [-0.3, -0.25) is 4.98 Å². The number of esters is 1. The Bertz CT molecular complexity index is 608. The number of nitrogen functional groups attached to an aromatic ring is 1. The number of nitrogens with two attached hydrogens (primary N) is 1. The molecule has 0 spiro atoms. The molecule has 0 aliphatic heterocycles. The third kappa shape index (κ3) is 3.39. The van der Waals surface area contributed by atoms with Crippen molar-refractivity contribution < 1.29 is 9.53 Å². The molecule has 2 heterocycles. The van der Waals surface area contributed by atoms with Crippen LogP contribution in [-0.4, -0.2) is 27.1 Å². The van der Waals surface area contributed by atoms with E-state index < -0.39 is 5.97 Å². The molecule has 21 heavy (non-hydrogen) atoms. The van der Waals surface area contributed by atoms with Gasteiger partial charge in [0.05, 0.1) is 6.61 Å². The van der Waals surface area contributed by atoms with Gasteiger partial charge >= 0.3 is 5.97 Å². The number of ether oxygens (including phenoxy) is 1. The second-order valence-electron chi connectivity index (χ2n) is 4.59. The summed E-state index contributed by atoms with van der Waals surface area (Å²) in [5.41, 5.74) is 7.44. The highest BCUT2D eigenvalue weighted by molar-refractivity contribution is 5.92. The molecule has 0 aromatic carbocycles. The second kappa shape index (κ2) is 6.88. The first-order chi connectivity index (χ1) is 10.2. The number of carbonyl (C=O) groups excluding carboxylic acids is 1. The minimum absolute atomic E-state index is 0.212. The van der Waals surface area contributed by atoms with Gasteiger partial charge in [0.15, 0.2) is 5.69 Å². The van der Waals surface area contributed by atoms with Crippen LogP contribution < -0.4 is 5.73 Å². The minimum atomic E-state index is -0.465. The lowest BCUT2D eigenvalue weighted by molar-refractivity contribution is 0.0521. The van der Waals surface area contributed by atoms with E-state index in [0.29, 0.717) is 25.4 Å². The van der Waals surface area contributed by atoms with Crippen molar-refractivity contribution in [2.45, 2.75) is 33.2 Å². The molecule has 2 rings (SSSR count). The monoisotopic (exact) mass is 288 g/mol. The van der Waals surface area contributed by atoms with E-state index in [2.05, 4.69) is 9.97 Å². The molecule has 0 amide bonds. The van der Waals surface area contributed by atoms with Gasteiger partial charge in [0.2, 0.25) is 0 Å². The van der Waals surface area contributed by atoms with Crippen LogP contribution in [0, 0.1) is 0 Å². The topological polar surface area (TPSA) is 83.0 Å². The lowest BCUT2D eigenvalue weighted by Gasteiger charge is -2.08. The molecular weight excluding hydrogens is 268 g/mol. The maximum Gasteiger partial charge on any atom is 0.360 e. The van der Waals surface area contributed by atoms with Crippen molar-refractivity contribution in [3.8, 4) is 0 Å². The zero-order valence-corrected chi connectivity index (χ0v) is 12.4. The van der Waals surface area contributed by atoms with E-state index in [9.17, 15) is 4.79 Å². The van der Waals surface area contributed by atoms with Crippen LogP contribution in [0.5, 0.6) is 0 Å². The molecule has 0 aliphatic rings. The first-order valence-corrected chi connectivity index (χ1v) is 7.08. The van der Waals surface area contributed by atoms with Crippen LogP contribution in [0.15, 0.2) is 24.5 Å². The average molecular weight is 288 g/mol. The van der Waals surface area contributed by atoms with Crippen LogP contribution in [0.3, 0.4) is 0 Å². The van der Waals surface area contributed by atoms with E-state index >= 15 is 0 Å². The molecule has 2 aromatic rings. The summed E-state index contributed by atoms with van der Waals surface area (Å²) in [6.07, 6.45) is 5.03. The molecule has 0 saturated carbocycles. The van der Waals surface area contributed by atoms with Crippen molar-refractivity contribution in [2.24, 2.45) is 0 Å². The molecule has 0 fully saturated rings. The van der Waals surface area contributed by atoms with Gasteiger partial charge in [-0.15, -0.1) is 0 Å². The molecule has 0 atom stereocenters. The number of aryl methyl sites for hydroxylation is 2. The van der Waals surface area contributed by atoms with Gasteiger partial charge in [-0.2, -0.15) is 0 Å². The molecule has 2 aromatic heterocycles. The smallest absolute Gasteiger partial charge is 0.360 e. The van der Waals surface area contributed by atoms with Crippen LogP contribution in [0.2, 0.25) is 0 Å². The van der Waals surface area contributed by atoms with Gasteiger partial charge in [-0.1, -0.05) is 6.92 Å². The molecule has 6 nitrogen and oxygen atoms in total. The van der Waals surface area contributed by atoms with Crippen molar-refractivity contribution in [1.82, 2.24) is 14.5 Å². The van der Waals surface area contributed by atoms with Crippen molar-refractivity contribution in [1.29, 1.82) is 0 Å². The number of carbonyl (C=O) groups is 1. The predicted molar refractivity (Wildman–Crippen MR) is 79.9 cm³/mol. The van der Waals surface area contributed by atoms with Crippen LogP contribution >= 0.6 is 0 Å². The summed E-state index contributed by atoms with van der Waals surface area (Å²) in [6.45, 7) is 4.73. The largest absolute Gasteiger partial charge is 0.461 e. The molecule has 0 unspecified atom stereocenters. The third-order valence-corrected chi connectivity index (χ3v) is 3.24. The Balaban J connectivity index is 2.20. The summed E-state index contributed by atoms with van der Waals surface area (Å²) in [4.78, 5) is 20.1. The van der Waals surface area contributed by atoms with Crippen LogP contribution in [0.25, 0.3) is 0 Å². The van der Waals surface area contributed by atoms with E-state index in [1.807, 2.05) is 23.6 Å². The Morgan fingerprint density at radius 3 is 2.67 bits per heavy atom. The van der Waals surface area contributed by atoms with Gasteiger partial charge in [-0.25, -0.2) is 9.78 Å². The maximum atomic E-state index is 11.8. The summed E-state index contributed by atoms with van der Waals surface area (Å²) in [5.74, 6) is 0.705. The van der Waals surface area contributed by atoms with Crippen LogP contribution in [0.4, 0.5) is 5.82 Å². The highest BCUT2D eigenvalue weighted by Gasteiger charge is 2.20. The summed E-state index contributed by atoms with van der Waals surface area (Å²) in [5, 5.41) is 0. The number of hydrogen-bond acceptors (Lipinski definition) is 5. The van der Waals surface area contributed by atoms with E-state index in [0.717, 1.165) is 17.8 Å². The highest BCUT2D eigenvalue weighted by Crippen LogP contribution is 2.17. The SMILES string of the molecule is CCOC(=O)c1nc(CC)n(CCc2ccncc2)c1N. The lowest BCUT2D eigenvalue weighted by atomic mass is 10.2. The van der Waals surface area contributed by atoms with E-state index in [-0.39, 0.29) is 5.69 Å². The number of rotatable bonds is 6. The van der Waals surface area contributed by atoms with Crippen LogP contribution in [0.1, 0.15) is 35.7 Å². The summed E-state index contributed by atoms with van der Waals surface area (Å²) >= 11 is 0. The predicted octanol–water partition coefficient (Wildman–Crippen LogP) is 1.84. The molecule has 0 saturated heterocycles. The summed E-state index contributed by atoms with van der Waals surface area (Å²) in [6, 6.07) is 3.93. The van der Waals surface area contributed by atoms with Gasteiger partial charge < -0.3 is 15.0 Å². The molecule has 0 aliphatic carbocycles. The Morgan fingerprint density at radius 1 is 1.33 bits per heavy atom. The molecule has 112 valence electrons. The summed E-state index contributed by atoms with van der Waals surface area (Å²) < 4.78 is 6.86. The van der Waals surface area contributed by atoms with E-state index in [1.54, 1.807) is 19.3 Å². The van der Waals surface area contributed by atoms with Crippen molar-refractivity contribution in [3.63, 3.8) is 0 Å². The fraction of sp³-hybridized carbons (Fsp3) is 0.400. The van der Waals surface area contributed by atoms with Crippen LogP contribution in [-0.2, 0) is 24.1 Å². The highest BCUT2D eigenvalue weighted by atomic mass is 16.5. The Labute approximate surface area is 124 Å². The quantitative estimate of drug-likeness (QED) is 0.820. The van der Waals surface area contributed by atoms with Gasteiger partial charge in [-0.05, 0) is 31.0 Å². The first kappa shape index (κ1) is 15.0. The fourth-order valence-corrected chi connectivity index (χ4v) is 2.17. The van der Waals surface area contributed by atoms with Gasteiger partial charge in [0.1, 0.15) is 11.6 Å². The first-order valence-electron chi connectivity index (χ1n) is 7.08. The molecule has 2 N–H and O–H groups in total. The lowest BCUT2D eigenvalue weighted by Crippen LogP contribution is -2.11. The zero-order valence-electron chi connectivity index (χ0n) is 12.4. The number of aromatic nitrogens is 3. The molecule has 0 radical (unpaired) electrons. The Hall–Kier alpha value is -2.37. The minimum Gasteiger partial charge on any atom is -0.461 e. The maximum absolute atomic E-state index is 11.8. The number of nitrogens with zero attached hydrogens (tertiary/aromatic N) is 3. The van der Waals surface area contributed by atoms with Gasteiger partial charge in [0, 0.05) is 25.4 Å². The molecule has 0 bridgehead atoms. The third-order valence-electron chi connectivity index (χ3n) is 3.24. The number of hydrogen-bond donors (Lipinski definition) is 1. The molecule has 6 heteroatoms. The Morgan fingerprint density at radius 2 is 2.05 bits per heavy atom. The zero-order chi connectivity index (χ0) is 15.2. The number of imidazole rings is 1. The van der Waals surface area contributed by atoms with Crippen molar-refractivity contribution in [2.75, 3.05) is 12.3 Å². The standard InChI is InChI=1S/C15H20N4O2/c1-3-12-18-13(15(20)21-4-2)14(16)19(12)10-7-11-5-8-17-9-6-11/h5-6,8-9H,3-4,7,10,16H2,1-2H3. The normalized spacial score (nSPS) is 10.6. The summed E-state index contributed by atoms with van der Waals surface area (Å²) in [7, 11) is 0. The van der Waals surface area contributed by atoms with Crippen molar-refractivity contribution >= 4 is 11.8 Å².